The standard InChI is InChI=1S/C18H24N4O2/c1-21-16-6-4-5-15(14(16)11-19-21)20-18(23)17-8-7-13(24-17)12-22-9-2-3-10-22/h7-8,11,15H,2-6,9-10,12H2,1H3,(H,20,23)/t15-/m0/s1. The Morgan fingerprint density at radius 1 is 1.33 bits per heavy atom. The number of fused-ring (bicyclic) bond motifs is 1. The zero-order chi connectivity index (χ0) is 16.5. The molecule has 6 nitrogen and oxygen atoms in total. The number of rotatable bonds is 4. The lowest BCUT2D eigenvalue weighted by Gasteiger charge is -2.23. The van der Waals surface area contributed by atoms with E-state index in [9.17, 15) is 4.79 Å². The molecular formula is C18H24N4O2. The van der Waals surface area contributed by atoms with Gasteiger partial charge in [-0.05, 0) is 57.3 Å². The van der Waals surface area contributed by atoms with Crippen molar-refractivity contribution in [1.29, 1.82) is 0 Å². The Morgan fingerprint density at radius 2 is 2.17 bits per heavy atom. The Bertz CT molecular complexity index is 727. The topological polar surface area (TPSA) is 63.3 Å². The molecule has 4 rings (SSSR count). The third-order valence-electron chi connectivity index (χ3n) is 5.14. The minimum atomic E-state index is -0.135. The van der Waals surface area contributed by atoms with Gasteiger partial charge in [-0.3, -0.25) is 14.4 Å². The molecule has 1 aliphatic heterocycles. The molecule has 24 heavy (non-hydrogen) atoms. The highest BCUT2D eigenvalue weighted by Crippen LogP contribution is 2.29. The summed E-state index contributed by atoms with van der Waals surface area (Å²) in [4.78, 5) is 14.9. The van der Waals surface area contributed by atoms with Gasteiger partial charge in [0.15, 0.2) is 5.76 Å². The van der Waals surface area contributed by atoms with Gasteiger partial charge < -0.3 is 9.73 Å². The van der Waals surface area contributed by atoms with Crippen LogP contribution in [0.5, 0.6) is 0 Å². The highest BCUT2D eigenvalue weighted by atomic mass is 16.4. The fourth-order valence-corrected chi connectivity index (χ4v) is 3.83. The number of aryl methyl sites for hydroxylation is 1. The van der Waals surface area contributed by atoms with Crippen molar-refractivity contribution in [2.75, 3.05) is 13.1 Å². The van der Waals surface area contributed by atoms with Gasteiger partial charge in [0.1, 0.15) is 5.76 Å². The fourth-order valence-electron chi connectivity index (χ4n) is 3.83. The second-order valence-corrected chi connectivity index (χ2v) is 6.84. The molecule has 1 aliphatic carbocycles. The maximum Gasteiger partial charge on any atom is 0.287 e. The van der Waals surface area contributed by atoms with E-state index in [1.54, 1.807) is 6.07 Å². The van der Waals surface area contributed by atoms with E-state index in [0.717, 1.165) is 50.2 Å². The number of likely N-dealkylation sites (tertiary alicyclic amines) is 1. The van der Waals surface area contributed by atoms with Gasteiger partial charge in [0.25, 0.3) is 5.91 Å². The molecule has 0 unspecified atom stereocenters. The van der Waals surface area contributed by atoms with Crippen molar-refractivity contribution in [2.24, 2.45) is 7.05 Å². The maximum atomic E-state index is 12.5. The van der Waals surface area contributed by atoms with Crippen LogP contribution in [0, 0.1) is 0 Å². The van der Waals surface area contributed by atoms with Gasteiger partial charge in [0.2, 0.25) is 0 Å². The molecular weight excluding hydrogens is 304 g/mol. The first-order valence-electron chi connectivity index (χ1n) is 8.83. The van der Waals surface area contributed by atoms with Crippen LogP contribution in [0.2, 0.25) is 0 Å². The van der Waals surface area contributed by atoms with Crippen molar-refractivity contribution in [1.82, 2.24) is 20.0 Å². The SMILES string of the molecule is Cn1ncc2c1CCC[C@@H]2NC(=O)c1ccc(CN2CCCC2)o1. The molecule has 1 fully saturated rings. The van der Waals surface area contributed by atoms with Crippen molar-refractivity contribution in [2.45, 2.75) is 44.7 Å². The summed E-state index contributed by atoms with van der Waals surface area (Å²) in [6.07, 6.45) is 7.42. The summed E-state index contributed by atoms with van der Waals surface area (Å²) in [7, 11) is 1.96. The summed E-state index contributed by atoms with van der Waals surface area (Å²) >= 11 is 0. The largest absolute Gasteiger partial charge is 0.455 e. The molecule has 3 heterocycles. The van der Waals surface area contributed by atoms with Gasteiger partial charge in [-0.2, -0.15) is 5.10 Å². The van der Waals surface area contributed by atoms with Crippen LogP contribution in [0.4, 0.5) is 0 Å². The molecule has 1 atom stereocenters. The number of nitrogens with one attached hydrogen (secondary N) is 1. The first-order chi connectivity index (χ1) is 11.7. The van der Waals surface area contributed by atoms with E-state index in [4.69, 9.17) is 4.42 Å². The van der Waals surface area contributed by atoms with Gasteiger partial charge in [0.05, 0.1) is 18.8 Å². The predicted molar refractivity (Wildman–Crippen MR) is 89.6 cm³/mol. The summed E-state index contributed by atoms with van der Waals surface area (Å²) in [5, 5.41) is 7.44. The summed E-state index contributed by atoms with van der Waals surface area (Å²) in [5.74, 6) is 1.14. The normalized spacial score (nSPS) is 21.0. The monoisotopic (exact) mass is 328 g/mol. The van der Waals surface area contributed by atoms with Gasteiger partial charge in [-0.15, -0.1) is 0 Å². The van der Waals surface area contributed by atoms with E-state index >= 15 is 0 Å². The quantitative estimate of drug-likeness (QED) is 0.936. The van der Waals surface area contributed by atoms with Crippen molar-refractivity contribution in [3.05, 3.63) is 41.1 Å². The van der Waals surface area contributed by atoms with Crippen LogP contribution in [0.3, 0.4) is 0 Å². The van der Waals surface area contributed by atoms with Gasteiger partial charge in [-0.1, -0.05) is 0 Å². The van der Waals surface area contributed by atoms with Crippen molar-refractivity contribution < 1.29 is 9.21 Å². The highest BCUT2D eigenvalue weighted by molar-refractivity contribution is 5.91. The fraction of sp³-hybridized carbons (Fsp3) is 0.556. The molecule has 0 spiro atoms. The van der Waals surface area contributed by atoms with E-state index in [-0.39, 0.29) is 11.9 Å². The Kier molecular flexibility index (Phi) is 4.14. The zero-order valence-electron chi connectivity index (χ0n) is 14.1. The number of hydrogen-bond donors (Lipinski definition) is 1. The summed E-state index contributed by atoms with van der Waals surface area (Å²) < 4.78 is 7.68. The third kappa shape index (κ3) is 2.98. The molecule has 128 valence electrons. The predicted octanol–water partition coefficient (Wildman–Crippen LogP) is 2.42. The molecule has 0 aromatic carbocycles. The number of amides is 1. The van der Waals surface area contributed by atoms with Crippen LogP contribution >= 0.6 is 0 Å². The molecule has 2 aromatic rings. The van der Waals surface area contributed by atoms with E-state index in [1.165, 1.54) is 18.5 Å². The molecule has 1 N–H and O–H groups in total. The Morgan fingerprint density at radius 3 is 3.00 bits per heavy atom. The molecule has 0 radical (unpaired) electrons. The van der Waals surface area contributed by atoms with Gasteiger partial charge >= 0.3 is 0 Å². The van der Waals surface area contributed by atoms with Crippen LogP contribution in [-0.2, 0) is 20.0 Å². The maximum absolute atomic E-state index is 12.5. The van der Waals surface area contributed by atoms with Crippen molar-refractivity contribution >= 4 is 5.91 Å². The molecule has 1 saturated heterocycles. The van der Waals surface area contributed by atoms with Gasteiger partial charge in [-0.25, -0.2) is 0 Å². The summed E-state index contributed by atoms with van der Waals surface area (Å²) in [5.41, 5.74) is 2.36. The lowest BCUT2D eigenvalue weighted by Crippen LogP contribution is -2.30. The minimum Gasteiger partial charge on any atom is -0.455 e. The molecule has 0 bridgehead atoms. The first kappa shape index (κ1) is 15.4. The van der Waals surface area contributed by atoms with E-state index in [2.05, 4.69) is 15.3 Å². The average Bonchev–Trinajstić information content (AvgIpc) is 3.31. The second-order valence-electron chi connectivity index (χ2n) is 6.84. The molecule has 2 aliphatic rings. The van der Waals surface area contributed by atoms with Crippen molar-refractivity contribution in [3.63, 3.8) is 0 Å². The van der Waals surface area contributed by atoms with Crippen molar-refractivity contribution in [3.8, 4) is 0 Å². The van der Waals surface area contributed by atoms with E-state index in [1.807, 2.05) is 24.0 Å². The Balaban J connectivity index is 1.42. The smallest absolute Gasteiger partial charge is 0.287 e. The van der Waals surface area contributed by atoms with Crippen LogP contribution in [0.25, 0.3) is 0 Å². The Labute approximate surface area is 141 Å². The number of carbonyl (C=O) groups is 1. The molecule has 6 heteroatoms. The number of nitrogens with zero attached hydrogens (tertiary/aromatic N) is 3. The molecule has 0 saturated carbocycles. The van der Waals surface area contributed by atoms with E-state index in [0.29, 0.717) is 5.76 Å². The van der Waals surface area contributed by atoms with Crippen LogP contribution < -0.4 is 5.32 Å². The second kappa shape index (κ2) is 6.43. The summed E-state index contributed by atoms with van der Waals surface area (Å²) in [6.45, 7) is 3.03. The molecule has 1 amide bonds. The number of aromatic nitrogens is 2. The van der Waals surface area contributed by atoms with E-state index < -0.39 is 0 Å². The van der Waals surface area contributed by atoms with Crippen LogP contribution in [-0.4, -0.2) is 33.7 Å². The van der Waals surface area contributed by atoms with Crippen LogP contribution in [0.1, 0.15) is 59.3 Å². The third-order valence-corrected chi connectivity index (χ3v) is 5.14. The van der Waals surface area contributed by atoms with Gasteiger partial charge in [0, 0.05) is 18.3 Å². The first-order valence-corrected chi connectivity index (χ1v) is 8.83. The minimum absolute atomic E-state index is 0.0297. The Hall–Kier alpha value is -2.08. The summed E-state index contributed by atoms with van der Waals surface area (Å²) in [6, 6.07) is 3.74. The lowest BCUT2D eigenvalue weighted by molar-refractivity contribution is 0.0901. The number of furan rings is 1. The number of hydrogen-bond acceptors (Lipinski definition) is 4. The highest BCUT2D eigenvalue weighted by Gasteiger charge is 2.26. The molecule has 2 aromatic heterocycles. The number of carbonyl (C=O) groups excluding carboxylic acids is 1. The zero-order valence-corrected chi connectivity index (χ0v) is 14.1. The average molecular weight is 328 g/mol. The van der Waals surface area contributed by atoms with Crippen LogP contribution in [0.15, 0.2) is 22.7 Å². The lowest BCUT2D eigenvalue weighted by atomic mass is 9.93.